The number of thioether (sulfide) groups is 1. The number of halogens is 2. The van der Waals surface area contributed by atoms with Gasteiger partial charge in [0.25, 0.3) is 5.91 Å². The number of amides is 2. The third kappa shape index (κ3) is 5.87. The van der Waals surface area contributed by atoms with E-state index in [-0.39, 0.29) is 66.9 Å². The number of aliphatic hydroxyl groups excluding tert-OH is 2. The highest BCUT2D eigenvalue weighted by Gasteiger charge is 2.64. The molecule has 1 aromatic carbocycles. The van der Waals surface area contributed by atoms with E-state index < -0.39 is 63.8 Å². The molecule has 5 rings (SSSR count). The molecule has 7 N–H and O–H groups in total. The van der Waals surface area contributed by atoms with Crippen molar-refractivity contribution in [2.45, 2.75) is 24.5 Å². The zero-order valence-corrected chi connectivity index (χ0v) is 27.8. The second kappa shape index (κ2) is 13.4. The zero-order chi connectivity index (χ0) is 31.5. The van der Waals surface area contributed by atoms with E-state index in [9.17, 15) is 39.6 Å². The highest BCUT2D eigenvalue weighted by Crippen LogP contribution is 2.54. The Morgan fingerprint density at radius 2 is 1.73 bits per heavy atom. The van der Waals surface area contributed by atoms with Gasteiger partial charge in [0.15, 0.2) is 11.4 Å². The number of aromatic hydroxyl groups is 1. The molecule has 4 atom stereocenters. The Hall–Kier alpha value is -3.01. The minimum Gasteiger partial charge on any atom is -0.508 e. The van der Waals surface area contributed by atoms with Crippen molar-refractivity contribution >= 4 is 77.1 Å². The van der Waals surface area contributed by atoms with Crippen molar-refractivity contribution in [2.75, 3.05) is 69.5 Å². The lowest BCUT2D eigenvalue weighted by Gasteiger charge is -2.50. The van der Waals surface area contributed by atoms with Crippen LogP contribution in [0.5, 0.6) is 5.75 Å². The number of primary amides is 1. The fraction of sp³-hybridized carbons (Fsp3) is 0.517. The van der Waals surface area contributed by atoms with Gasteiger partial charge < -0.3 is 36.4 Å². The minimum atomic E-state index is -2.72. The lowest BCUT2D eigenvalue weighted by molar-refractivity contribution is -0.153. The second-order valence-corrected chi connectivity index (χ2v) is 13.2. The summed E-state index contributed by atoms with van der Waals surface area (Å²) in [5.74, 6) is -5.75. The highest BCUT2D eigenvalue weighted by molar-refractivity contribution is 7.99. The maximum absolute atomic E-state index is 14.1. The minimum absolute atomic E-state index is 0. The number of phenols is 1. The number of nitrogens with zero attached hydrogens (tertiary/aromatic N) is 3. The number of anilines is 2. The number of phenolic OH excluding ortho intramolecular Hbond substituents is 1. The van der Waals surface area contributed by atoms with Gasteiger partial charge in [0.05, 0.1) is 23.8 Å². The first kappa shape index (κ1) is 36.5. The van der Waals surface area contributed by atoms with E-state index in [0.717, 1.165) is 24.6 Å². The number of ketones is 2. The first-order valence-corrected chi connectivity index (χ1v) is 15.2. The van der Waals surface area contributed by atoms with Crippen LogP contribution >= 0.6 is 36.6 Å². The van der Waals surface area contributed by atoms with Gasteiger partial charge in [0.2, 0.25) is 11.7 Å². The van der Waals surface area contributed by atoms with Gasteiger partial charge in [-0.2, -0.15) is 11.8 Å². The molecule has 248 valence electrons. The number of carbonyl (C=O) groups is 4. The molecule has 4 aliphatic rings. The summed E-state index contributed by atoms with van der Waals surface area (Å²) in [5.41, 5.74) is 2.61. The van der Waals surface area contributed by atoms with Crippen LogP contribution in [-0.2, 0) is 25.6 Å². The summed E-state index contributed by atoms with van der Waals surface area (Å²) in [7, 11) is 6.63. The maximum atomic E-state index is 14.1. The van der Waals surface area contributed by atoms with Crippen LogP contribution in [0.2, 0.25) is 0 Å². The number of fused-ring (bicyclic) bond motifs is 3. The van der Waals surface area contributed by atoms with E-state index in [0.29, 0.717) is 11.3 Å². The third-order valence-corrected chi connectivity index (χ3v) is 9.87. The Bertz CT molecular complexity index is 1490. The Balaban J connectivity index is 0.00000276. The first-order chi connectivity index (χ1) is 20.2. The summed E-state index contributed by atoms with van der Waals surface area (Å²) in [6.45, 7) is 1.64. The number of hydrogen-bond donors (Lipinski definition) is 6. The van der Waals surface area contributed by atoms with E-state index in [1.54, 1.807) is 39.2 Å². The lowest BCUT2D eigenvalue weighted by Crippen LogP contribution is -2.65. The van der Waals surface area contributed by atoms with Crippen molar-refractivity contribution in [3.05, 3.63) is 34.1 Å². The smallest absolute Gasteiger partial charge is 0.255 e. The average molecular weight is 689 g/mol. The Morgan fingerprint density at radius 3 is 2.29 bits per heavy atom. The fourth-order valence-corrected chi connectivity index (χ4v) is 7.92. The molecule has 1 saturated heterocycles. The lowest BCUT2D eigenvalue weighted by atomic mass is 9.57. The number of rotatable bonds is 6. The highest BCUT2D eigenvalue weighted by atomic mass is 35.5. The SMILES string of the molecule is CN(C)c1cc(NC(=O)CN2CCSCC2)c(O)c2c1CC1CC3[C@H](N(C)C)C(=O)C(C(N)=O)=C(O)[C@@]3(O)C(=O)C1=C2O.Cl.Cl. The topological polar surface area (TPSA) is 197 Å². The molecule has 0 bridgehead atoms. The summed E-state index contributed by atoms with van der Waals surface area (Å²) in [6.07, 6.45) is 0.140. The summed E-state index contributed by atoms with van der Waals surface area (Å²) in [6, 6.07) is 0.452. The van der Waals surface area contributed by atoms with Gasteiger partial charge in [-0.25, -0.2) is 0 Å². The monoisotopic (exact) mass is 687 g/mol. The molecule has 2 amide bonds. The first-order valence-electron chi connectivity index (χ1n) is 14.0. The van der Waals surface area contributed by atoms with Gasteiger partial charge in [0, 0.05) is 55.9 Å². The molecular weight excluding hydrogens is 649 g/mol. The van der Waals surface area contributed by atoms with Crippen LogP contribution in [0.1, 0.15) is 17.5 Å². The molecule has 16 heteroatoms. The molecule has 1 aliphatic heterocycles. The van der Waals surface area contributed by atoms with Gasteiger partial charge in [-0.3, -0.25) is 29.0 Å². The second-order valence-electron chi connectivity index (χ2n) is 11.9. The molecule has 2 fully saturated rings. The van der Waals surface area contributed by atoms with Crippen LogP contribution in [0.4, 0.5) is 11.4 Å². The van der Waals surface area contributed by atoms with E-state index >= 15 is 0 Å². The Morgan fingerprint density at radius 1 is 1.11 bits per heavy atom. The quantitative estimate of drug-likeness (QED) is 0.183. The van der Waals surface area contributed by atoms with Crippen LogP contribution in [0.25, 0.3) is 5.76 Å². The van der Waals surface area contributed by atoms with Gasteiger partial charge >= 0.3 is 0 Å². The van der Waals surface area contributed by atoms with Crippen molar-refractivity contribution in [3.8, 4) is 5.75 Å². The Labute approximate surface area is 277 Å². The molecule has 0 spiro atoms. The molecule has 1 aromatic rings. The van der Waals surface area contributed by atoms with Crippen LogP contribution in [0, 0.1) is 11.8 Å². The third-order valence-electron chi connectivity index (χ3n) is 8.92. The van der Waals surface area contributed by atoms with Crippen molar-refractivity contribution < 1.29 is 39.6 Å². The van der Waals surface area contributed by atoms with Crippen molar-refractivity contribution in [3.63, 3.8) is 0 Å². The normalized spacial score (nSPS) is 26.3. The summed E-state index contributed by atoms with van der Waals surface area (Å²) >= 11 is 1.81. The van der Waals surface area contributed by atoms with Gasteiger partial charge in [-0.1, -0.05) is 0 Å². The number of nitrogens with one attached hydrogen (secondary N) is 1. The van der Waals surface area contributed by atoms with Gasteiger partial charge in [0.1, 0.15) is 22.8 Å². The number of Topliss-reactive ketones (excluding diaryl/α,β-unsaturated/α-hetero) is 2. The standard InChI is InChI=1S/C29H37N5O8S.2ClH/c1-32(2)17-11-16(31-18(35)12-34-5-7-43-8-6-34)23(36)20-14(17)9-13-10-15-22(33(3)4)25(38)21(28(30)41)27(40)29(15,42)26(39)19(13)24(20)37;;/h11,13,15,22,36-37,40,42H,5-10,12H2,1-4H3,(H2,30,41)(H,31,35);2*1H/t13?,15?,22-,29-;;/m0../s1. The summed E-state index contributed by atoms with van der Waals surface area (Å²) in [4.78, 5) is 57.7. The predicted molar refractivity (Wildman–Crippen MR) is 175 cm³/mol. The number of hydrogen-bond acceptors (Lipinski definition) is 12. The molecule has 0 aromatic heterocycles. The van der Waals surface area contributed by atoms with Gasteiger partial charge in [-0.15, -0.1) is 24.8 Å². The van der Waals surface area contributed by atoms with E-state index in [1.165, 1.54) is 4.90 Å². The molecular formula is C29H39Cl2N5O8S. The molecule has 13 nitrogen and oxygen atoms in total. The average Bonchev–Trinajstić information content (AvgIpc) is 2.92. The van der Waals surface area contributed by atoms with Crippen LogP contribution in [0.15, 0.2) is 23.0 Å². The van der Waals surface area contributed by atoms with Crippen LogP contribution in [0.3, 0.4) is 0 Å². The summed E-state index contributed by atoms with van der Waals surface area (Å²) < 4.78 is 0. The maximum Gasteiger partial charge on any atom is 0.255 e. The molecule has 45 heavy (non-hydrogen) atoms. The number of carbonyl (C=O) groups excluding carboxylic acids is 4. The summed E-state index contributed by atoms with van der Waals surface area (Å²) in [5, 5.41) is 48.5. The fourth-order valence-electron chi connectivity index (χ4n) is 6.94. The molecule has 1 heterocycles. The van der Waals surface area contributed by atoms with Crippen LogP contribution < -0.4 is 16.0 Å². The number of benzene rings is 1. The number of likely N-dealkylation sites (N-methyl/N-ethyl adjacent to an activating group) is 1. The van der Waals surface area contributed by atoms with E-state index in [1.807, 2.05) is 16.7 Å². The number of aliphatic hydroxyl groups is 3. The number of nitrogens with two attached hydrogens (primary N) is 1. The molecule has 0 radical (unpaired) electrons. The van der Waals surface area contributed by atoms with Crippen LogP contribution in [-0.4, -0.2) is 125 Å². The predicted octanol–water partition coefficient (Wildman–Crippen LogP) is 0.861. The Kier molecular flexibility index (Phi) is 10.8. The van der Waals surface area contributed by atoms with E-state index in [2.05, 4.69) is 5.32 Å². The molecule has 3 aliphatic carbocycles. The molecule has 2 unspecified atom stereocenters. The van der Waals surface area contributed by atoms with Crippen molar-refractivity contribution in [1.82, 2.24) is 9.80 Å². The zero-order valence-electron chi connectivity index (χ0n) is 25.3. The van der Waals surface area contributed by atoms with E-state index in [4.69, 9.17) is 5.73 Å². The van der Waals surface area contributed by atoms with Crippen molar-refractivity contribution in [1.29, 1.82) is 0 Å². The molecule has 1 saturated carbocycles. The van der Waals surface area contributed by atoms with Gasteiger partial charge in [-0.05, 0) is 44.5 Å². The largest absolute Gasteiger partial charge is 0.508 e. The van der Waals surface area contributed by atoms with Crippen molar-refractivity contribution in [2.24, 2.45) is 17.6 Å².